The van der Waals surface area contributed by atoms with Crippen LogP contribution in [0.1, 0.15) is 20.8 Å². The average Bonchev–Trinajstić information content (AvgIpc) is 2.27. The smallest absolute Gasteiger partial charge is 0.240 e. The Balaban J connectivity index is 2.85. The number of benzene rings is 1. The Hall–Kier alpha value is -1.69. The summed E-state index contributed by atoms with van der Waals surface area (Å²) in [6.07, 6.45) is 0. The summed E-state index contributed by atoms with van der Waals surface area (Å²) in [4.78, 5) is 11.4. The summed E-state index contributed by atoms with van der Waals surface area (Å²) in [7, 11) is 0. The number of hydrogen-bond donors (Lipinski definition) is 2. The summed E-state index contributed by atoms with van der Waals surface area (Å²) in [6, 6.07) is 3.36. The molecule has 1 aromatic rings. The van der Waals surface area contributed by atoms with Crippen LogP contribution >= 0.6 is 0 Å². The molecule has 0 heterocycles. The third kappa shape index (κ3) is 3.89. The minimum absolute atomic E-state index is 0.0356. The first kappa shape index (κ1) is 15.4. The third-order valence-electron chi connectivity index (χ3n) is 2.58. The lowest BCUT2D eigenvalue weighted by molar-refractivity contribution is -0.125. The lowest BCUT2D eigenvalue weighted by Gasteiger charge is -2.29. The number of hydrogen-bond acceptors (Lipinski definition) is 3. The number of para-hydroxylation sites is 1. The van der Waals surface area contributed by atoms with Gasteiger partial charge in [-0.1, -0.05) is 6.07 Å². The van der Waals surface area contributed by atoms with E-state index in [9.17, 15) is 13.6 Å². The van der Waals surface area contributed by atoms with Crippen molar-refractivity contribution in [1.82, 2.24) is 5.32 Å². The third-order valence-corrected chi connectivity index (χ3v) is 2.58. The van der Waals surface area contributed by atoms with Gasteiger partial charge in [-0.25, -0.2) is 8.78 Å². The van der Waals surface area contributed by atoms with Crippen LogP contribution in [0.3, 0.4) is 0 Å². The monoisotopic (exact) mass is 272 g/mol. The predicted octanol–water partition coefficient (Wildman–Crippen LogP) is 1.59. The van der Waals surface area contributed by atoms with Gasteiger partial charge in [0.15, 0.2) is 17.4 Å². The van der Waals surface area contributed by atoms with Gasteiger partial charge in [-0.2, -0.15) is 0 Å². The van der Waals surface area contributed by atoms with E-state index in [1.54, 1.807) is 0 Å². The molecule has 0 saturated carbocycles. The van der Waals surface area contributed by atoms with E-state index in [2.05, 4.69) is 5.32 Å². The quantitative estimate of drug-likeness (QED) is 0.826. The number of nitrogens with two attached hydrogens (primary N) is 1. The molecule has 0 bridgehead atoms. The van der Waals surface area contributed by atoms with Gasteiger partial charge in [0.2, 0.25) is 5.91 Å². The van der Waals surface area contributed by atoms with E-state index in [-0.39, 0.29) is 12.6 Å². The molecule has 0 aliphatic heterocycles. The number of ether oxygens (including phenoxy) is 1. The van der Waals surface area contributed by atoms with E-state index >= 15 is 0 Å². The average molecular weight is 272 g/mol. The second-order valence-corrected chi connectivity index (χ2v) is 4.83. The summed E-state index contributed by atoms with van der Waals surface area (Å²) in [5.41, 5.74) is 4.09. The molecule has 106 valence electrons. The molecule has 19 heavy (non-hydrogen) atoms. The molecule has 1 rings (SSSR count). The molecular formula is C13H18F2N2O2. The van der Waals surface area contributed by atoms with Crippen LogP contribution in [0.25, 0.3) is 0 Å². The molecule has 0 aliphatic carbocycles. The minimum Gasteiger partial charge on any atom is -0.485 e. The van der Waals surface area contributed by atoms with Crippen LogP contribution in [0.4, 0.5) is 8.78 Å². The number of amides is 1. The molecule has 1 aromatic carbocycles. The maximum absolute atomic E-state index is 13.4. The molecule has 1 unspecified atom stereocenters. The van der Waals surface area contributed by atoms with Gasteiger partial charge in [0.05, 0.1) is 0 Å². The van der Waals surface area contributed by atoms with Crippen molar-refractivity contribution in [1.29, 1.82) is 0 Å². The van der Waals surface area contributed by atoms with E-state index in [4.69, 9.17) is 10.5 Å². The Bertz CT molecular complexity index is 446. The van der Waals surface area contributed by atoms with Crippen molar-refractivity contribution in [3.63, 3.8) is 0 Å². The summed E-state index contributed by atoms with van der Waals surface area (Å²) >= 11 is 0. The topological polar surface area (TPSA) is 64.3 Å². The molecule has 0 saturated heterocycles. The largest absolute Gasteiger partial charge is 0.485 e. The highest BCUT2D eigenvalue weighted by Crippen LogP contribution is 2.22. The first-order chi connectivity index (χ1) is 8.76. The molecule has 4 nitrogen and oxygen atoms in total. The van der Waals surface area contributed by atoms with Crippen molar-refractivity contribution in [2.45, 2.75) is 32.4 Å². The van der Waals surface area contributed by atoms with Crippen molar-refractivity contribution in [3.05, 3.63) is 29.8 Å². The highest BCUT2D eigenvalue weighted by Gasteiger charge is 2.33. The number of primary amides is 1. The minimum atomic E-state index is -1.21. The zero-order valence-corrected chi connectivity index (χ0v) is 11.2. The Morgan fingerprint density at radius 3 is 2.37 bits per heavy atom. The Morgan fingerprint density at radius 2 is 1.95 bits per heavy atom. The first-order valence-electron chi connectivity index (χ1n) is 5.90. The lowest BCUT2D eigenvalue weighted by atomic mass is 10.0. The van der Waals surface area contributed by atoms with E-state index in [1.165, 1.54) is 13.0 Å². The van der Waals surface area contributed by atoms with Gasteiger partial charge in [0.25, 0.3) is 0 Å². The van der Waals surface area contributed by atoms with Gasteiger partial charge >= 0.3 is 0 Å². The fourth-order valence-corrected chi connectivity index (χ4v) is 1.66. The molecule has 0 spiro atoms. The van der Waals surface area contributed by atoms with Gasteiger partial charge in [0.1, 0.15) is 12.1 Å². The number of rotatable bonds is 6. The van der Waals surface area contributed by atoms with E-state index < -0.39 is 28.8 Å². The molecule has 0 fully saturated rings. The SMILES string of the molecule is CC(C)NC(C)(COc1c(F)cccc1F)C(N)=O. The molecular weight excluding hydrogens is 254 g/mol. The number of carbonyl (C=O) groups excluding carboxylic acids is 1. The summed E-state index contributed by atoms with van der Waals surface area (Å²) < 4.78 is 31.9. The summed E-state index contributed by atoms with van der Waals surface area (Å²) in [5, 5.41) is 2.92. The molecule has 1 amide bonds. The van der Waals surface area contributed by atoms with Gasteiger partial charge in [-0.15, -0.1) is 0 Å². The number of carbonyl (C=O) groups is 1. The van der Waals surface area contributed by atoms with Crippen LogP contribution in [0, 0.1) is 11.6 Å². The second-order valence-electron chi connectivity index (χ2n) is 4.83. The fourth-order valence-electron chi connectivity index (χ4n) is 1.66. The molecule has 0 aromatic heterocycles. The van der Waals surface area contributed by atoms with Crippen LogP contribution in [0.15, 0.2) is 18.2 Å². The van der Waals surface area contributed by atoms with Crippen molar-refractivity contribution in [2.24, 2.45) is 5.73 Å². The van der Waals surface area contributed by atoms with Crippen LogP contribution < -0.4 is 15.8 Å². The predicted molar refractivity (Wildman–Crippen MR) is 67.7 cm³/mol. The normalized spacial score (nSPS) is 14.2. The lowest BCUT2D eigenvalue weighted by Crippen LogP contribution is -2.59. The van der Waals surface area contributed by atoms with Crippen LogP contribution in [0.5, 0.6) is 5.75 Å². The second kappa shape index (κ2) is 5.97. The van der Waals surface area contributed by atoms with Gasteiger partial charge in [-0.3, -0.25) is 10.1 Å². The Labute approximate surface area is 110 Å². The maximum atomic E-state index is 13.4. The maximum Gasteiger partial charge on any atom is 0.240 e. The van der Waals surface area contributed by atoms with E-state index in [1.807, 2.05) is 13.8 Å². The van der Waals surface area contributed by atoms with Crippen molar-refractivity contribution >= 4 is 5.91 Å². The molecule has 3 N–H and O–H groups in total. The van der Waals surface area contributed by atoms with Crippen LogP contribution in [0.2, 0.25) is 0 Å². The fraction of sp³-hybridized carbons (Fsp3) is 0.462. The van der Waals surface area contributed by atoms with Crippen LogP contribution in [-0.4, -0.2) is 24.1 Å². The van der Waals surface area contributed by atoms with Gasteiger partial charge in [0, 0.05) is 6.04 Å². The highest BCUT2D eigenvalue weighted by atomic mass is 19.1. The highest BCUT2D eigenvalue weighted by molar-refractivity contribution is 5.84. The standard InChI is InChI=1S/C13H18F2N2O2/c1-8(2)17-13(3,12(16)18)7-19-11-9(14)5-4-6-10(11)15/h4-6,8,17H,7H2,1-3H3,(H2,16,18). The molecule has 1 atom stereocenters. The Morgan fingerprint density at radius 1 is 1.42 bits per heavy atom. The van der Waals surface area contributed by atoms with Gasteiger partial charge < -0.3 is 10.5 Å². The van der Waals surface area contributed by atoms with Crippen molar-refractivity contribution in [3.8, 4) is 5.75 Å². The Kier molecular flexibility index (Phi) is 4.83. The zero-order chi connectivity index (χ0) is 14.6. The van der Waals surface area contributed by atoms with E-state index in [0.717, 1.165) is 12.1 Å². The summed E-state index contributed by atoms with van der Waals surface area (Å²) in [5.74, 6) is -2.81. The number of halogens is 2. The zero-order valence-electron chi connectivity index (χ0n) is 11.2. The molecule has 0 aliphatic rings. The summed E-state index contributed by atoms with van der Waals surface area (Å²) in [6.45, 7) is 4.90. The first-order valence-corrected chi connectivity index (χ1v) is 5.90. The van der Waals surface area contributed by atoms with Crippen molar-refractivity contribution < 1.29 is 18.3 Å². The van der Waals surface area contributed by atoms with Crippen LogP contribution in [-0.2, 0) is 4.79 Å². The van der Waals surface area contributed by atoms with E-state index in [0.29, 0.717) is 0 Å². The molecule has 0 radical (unpaired) electrons. The number of nitrogens with one attached hydrogen (secondary N) is 1. The molecule has 6 heteroatoms. The van der Waals surface area contributed by atoms with Crippen molar-refractivity contribution in [2.75, 3.05) is 6.61 Å². The van der Waals surface area contributed by atoms with Gasteiger partial charge in [-0.05, 0) is 32.9 Å².